The van der Waals surface area contributed by atoms with Gasteiger partial charge in [-0.15, -0.1) is 0 Å². The van der Waals surface area contributed by atoms with E-state index < -0.39 is 5.97 Å². The molecule has 0 radical (unpaired) electrons. The van der Waals surface area contributed by atoms with Gasteiger partial charge in [0.05, 0.1) is 0 Å². The summed E-state index contributed by atoms with van der Waals surface area (Å²) in [5.41, 5.74) is 4.09. The van der Waals surface area contributed by atoms with Gasteiger partial charge in [0, 0.05) is 36.7 Å². The Morgan fingerprint density at radius 3 is 2.25 bits per heavy atom. The van der Waals surface area contributed by atoms with E-state index in [2.05, 4.69) is 10.3 Å². The van der Waals surface area contributed by atoms with Crippen molar-refractivity contribution in [2.45, 2.75) is 6.92 Å². The highest BCUT2D eigenvalue weighted by atomic mass is 16.4. The van der Waals surface area contributed by atoms with Crippen LogP contribution in [-0.4, -0.2) is 35.9 Å². The van der Waals surface area contributed by atoms with E-state index in [1.54, 1.807) is 6.92 Å². The first-order valence-corrected chi connectivity index (χ1v) is 8.80. The molecule has 0 spiro atoms. The van der Waals surface area contributed by atoms with Crippen LogP contribution in [-0.2, 0) is 0 Å². The molecule has 1 heterocycles. The third-order valence-corrected chi connectivity index (χ3v) is 4.34. The number of pyridine rings is 1. The fourth-order valence-electron chi connectivity index (χ4n) is 2.95. The van der Waals surface area contributed by atoms with Gasteiger partial charge in [0.15, 0.2) is 5.69 Å². The number of benzene rings is 2. The second-order valence-electron chi connectivity index (χ2n) is 6.64. The maximum atomic E-state index is 11.7. The van der Waals surface area contributed by atoms with Crippen LogP contribution in [0.2, 0.25) is 0 Å². The number of anilines is 3. The molecule has 1 aromatic heterocycles. The van der Waals surface area contributed by atoms with Gasteiger partial charge in [-0.3, -0.25) is 0 Å². The van der Waals surface area contributed by atoms with Gasteiger partial charge in [-0.05, 0) is 48.4 Å². The zero-order valence-corrected chi connectivity index (χ0v) is 16.0. The lowest BCUT2D eigenvalue weighted by Crippen LogP contribution is -2.11. The fraction of sp³-hybridized carbons (Fsp3) is 0.136. The molecule has 0 unspecified atom stereocenters. The topological polar surface area (TPSA) is 89.3 Å². The lowest BCUT2D eigenvalue weighted by Gasteiger charge is -2.17. The summed E-state index contributed by atoms with van der Waals surface area (Å²) in [7, 11) is 3.91. The van der Waals surface area contributed by atoms with E-state index in [4.69, 9.17) is 5.41 Å². The van der Waals surface area contributed by atoms with Crippen LogP contribution in [0.4, 0.5) is 17.2 Å². The zero-order valence-electron chi connectivity index (χ0n) is 16.0. The van der Waals surface area contributed by atoms with Crippen molar-refractivity contribution in [2.75, 3.05) is 24.3 Å². The van der Waals surface area contributed by atoms with E-state index in [9.17, 15) is 9.90 Å². The Balaban J connectivity index is 2.19. The van der Waals surface area contributed by atoms with Gasteiger partial charge in [-0.1, -0.05) is 30.3 Å². The van der Waals surface area contributed by atoms with Crippen LogP contribution in [0.15, 0.2) is 60.7 Å². The van der Waals surface area contributed by atoms with Gasteiger partial charge >= 0.3 is 5.97 Å². The molecule has 3 aromatic rings. The van der Waals surface area contributed by atoms with E-state index in [1.165, 1.54) is 6.07 Å². The van der Waals surface area contributed by atoms with Crippen LogP contribution >= 0.6 is 0 Å². The molecule has 142 valence electrons. The number of nitrogens with one attached hydrogen (secondary N) is 2. The van der Waals surface area contributed by atoms with E-state index >= 15 is 0 Å². The highest BCUT2D eigenvalue weighted by molar-refractivity contribution is 6.08. The lowest BCUT2D eigenvalue weighted by atomic mass is 9.96. The number of hydrogen-bond donors (Lipinski definition) is 3. The van der Waals surface area contributed by atoms with E-state index in [1.807, 2.05) is 73.6 Å². The average molecular weight is 374 g/mol. The van der Waals surface area contributed by atoms with Crippen LogP contribution < -0.4 is 10.2 Å². The molecular weight excluding hydrogens is 352 g/mol. The Morgan fingerprint density at radius 2 is 1.71 bits per heavy atom. The summed E-state index contributed by atoms with van der Waals surface area (Å²) in [5.74, 6) is -0.762. The molecule has 0 amide bonds. The van der Waals surface area contributed by atoms with Crippen molar-refractivity contribution in [3.63, 3.8) is 0 Å². The Bertz CT molecular complexity index is 1010. The second-order valence-corrected chi connectivity index (χ2v) is 6.64. The first-order valence-electron chi connectivity index (χ1n) is 8.80. The van der Waals surface area contributed by atoms with Gasteiger partial charge < -0.3 is 20.7 Å². The highest BCUT2D eigenvalue weighted by Crippen LogP contribution is 2.32. The number of carbonyl (C=O) groups is 1. The number of carboxylic acid groups (broad SMARTS) is 1. The number of aromatic nitrogens is 1. The minimum atomic E-state index is -1.11. The van der Waals surface area contributed by atoms with Crippen molar-refractivity contribution in [2.24, 2.45) is 0 Å². The van der Waals surface area contributed by atoms with Crippen molar-refractivity contribution in [3.8, 4) is 11.1 Å². The predicted molar refractivity (Wildman–Crippen MR) is 113 cm³/mol. The van der Waals surface area contributed by atoms with Crippen LogP contribution in [0, 0.1) is 5.41 Å². The maximum absolute atomic E-state index is 11.7. The molecule has 0 atom stereocenters. The Hall–Kier alpha value is -3.67. The molecule has 0 bridgehead atoms. The summed E-state index contributed by atoms with van der Waals surface area (Å²) in [4.78, 5) is 17.9. The average Bonchev–Trinajstić information content (AvgIpc) is 2.68. The quantitative estimate of drug-likeness (QED) is 0.547. The maximum Gasteiger partial charge on any atom is 0.354 e. The van der Waals surface area contributed by atoms with Gasteiger partial charge in [0.1, 0.15) is 5.82 Å². The molecule has 6 nitrogen and oxygen atoms in total. The number of rotatable bonds is 6. The van der Waals surface area contributed by atoms with Crippen molar-refractivity contribution < 1.29 is 9.90 Å². The van der Waals surface area contributed by atoms with Crippen molar-refractivity contribution in [1.82, 2.24) is 4.98 Å². The van der Waals surface area contributed by atoms with Gasteiger partial charge in [-0.2, -0.15) is 0 Å². The van der Waals surface area contributed by atoms with E-state index in [0.717, 1.165) is 16.9 Å². The molecule has 28 heavy (non-hydrogen) atoms. The summed E-state index contributed by atoms with van der Waals surface area (Å²) in [5, 5.41) is 21.0. The molecule has 2 aromatic carbocycles. The number of para-hydroxylation sites is 1. The van der Waals surface area contributed by atoms with E-state index in [-0.39, 0.29) is 5.69 Å². The van der Waals surface area contributed by atoms with Gasteiger partial charge in [-0.25, -0.2) is 9.78 Å². The molecular formula is C22H22N4O2. The molecule has 6 heteroatoms. The molecule has 0 saturated heterocycles. The normalized spacial score (nSPS) is 10.4. The Labute approximate surface area is 164 Å². The Kier molecular flexibility index (Phi) is 5.40. The number of carboxylic acids is 1. The summed E-state index contributed by atoms with van der Waals surface area (Å²) in [6, 6.07) is 18.7. The summed E-state index contributed by atoms with van der Waals surface area (Å²) >= 11 is 0. The first-order chi connectivity index (χ1) is 13.4. The third-order valence-electron chi connectivity index (χ3n) is 4.34. The zero-order chi connectivity index (χ0) is 20.3. The smallest absolute Gasteiger partial charge is 0.354 e. The molecule has 3 N–H and O–H groups in total. The largest absolute Gasteiger partial charge is 0.477 e. The summed E-state index contributed by atoms with van der Waals surface area (Å²) < 4.78 is 0. The van der Waals surface area contributed by atoms with Crippen LogP contribution in [0.5, 0.6) is 0 Å². The highest BCUT2D eigenvalue weighted by Gasteiger charge is 2.19. The summed E-state index contributed by atoms with van der Waals surface area (Å²) in [6.45, 7) is 1.67. The molecule has 0 fully saturated rings. The second kappa shape index (κ2) is 7.92. The van der Waals surface area contributed by atoms with Crippen LogP contribution in [0.1, 0.15) is 23.0 Å². The number of hydrogen-bond acceptors (Lipinski definition) is 5. The molecule has 0 aliphatic heterocycles. The first kappa shape index (κ1) is 19.1. The standard InChI is InChI=1S/C22H22N4O2/c1-14(23)20-18(15-9-11-17(12-10-15)26(2)3)13-19(22(27)28)25-21(20)24-16-7-5-4-6-8-16/h4-13,23H,1-3H3,(H,24,25)(H,27,28). The number of aromatic carboxylic acids is 1. The van der Waals surface area contributed by atoms with E-state index in [0.29, 0.717) is 22.7 Å². The van der Waals surface area contributed by atoms with Crippen LogP contribution in [0.3, 0.4) is 0 Å². The molecule has 3 rings (SSSR count). The number of nitrogens with zero attached hydrogens (tertiary/aromatic N) is 2. The lowest BCUT2D eigenvalue weighted by molar-refractivity contribution is 0.0690. The van der Waals surface area contributed by atoms with Gasteiger partial charge in [0.25, 0.3) is 0 Å². The minimum Gasteiger partial charge on any atom is -0.477 e. The molecule has 0 saturated carbocycles. The molecule has 0 aliphatic rings. The third kappa shape index (κ3) is 4.01. The predicted octanol–water partition coefficient (Wildman–Crippen LogP) is 4.64. The van der Waals surface area contributed by atoms with Crippen molar-refractivity contribution in [1.29, 1.82) is 5.41 Å². The van der Waals surface area contributed by atoms with Crippen molar-refractivity contribution in [3.05, 3.63) is 71.9 Å². The van der Waals surface area contributed by atoms with Crippen LogP contribution in [0.25, 0.3) is 11.1 Å². The Morgan fingerprint density at radius 1 is 1.07 bits per heavy atom. The summed E-state index contributed by atoms with van der Waals surface area (Å²) in [6.07, 6.45) is 0. The monoisotopic (exact) mass is 374 g/mol. The molecule has 0 aliphatic carbocycles. The van der Waals surface area contributed by atoms with Crippen molar-refractivity contribution >= 4 is 28.9 Å². The fourth-order valence-corrected chi connectivity index (χ4v) is 2.95. The minimum absolute atomic E-state index is 0.0740. The van der Waals surface area contributed by atoms with Gasteiger partial charge in [0.2, 0.25) is 0 Å². The SMILES string of the molecule is CC(=N)c1c(-c2ccc(N(C)C)cc2)cc(C(=O)O)nc1Nc1ccccc1.